The number of methoxy groups -OCH3 is 2. The molecular formula is C12H16BrNO5S. The van der Waals surface area contributed by atoms with Gasteiger partial charge in [0, 0.05) is 23.6 Å². The van der Waals surface area contributed by atoms with Crippen LogP contribution in [0.1, 0.15) is 0 Å². The highest BCUT2D eigenvalue weighted by Gasteiger charge is 2.29. The number of hydrogen-bond acceptors (Lipinski definition) is 5. The Labute approximate surface area is 126 Å². The topological polar surface area (TPSA) is 65.1 Å². The second-order valence-electron chi connectivity index (χ2n) is 4.15. The van der Waals surface area contributed by atoms with E-state index in [0.717, 1.165) is 0 Å². The molecule has 1 fully saturated rings. The molecule has 1 saturated heterocycles. The van der Waals surface area contributed by atoms with Gasteiger partial charge < -0.3 is 14.2 Å². The highest BCUT2D eigenvalue weighted by atomic mass is 79.9. The molecule has 1 heterocycles. The van der Waals surface area contributed by atoms with Crippen LogP contribution in [0.15, 0.2) is 21.5 Å². The van der Waals surface area contributed by atoms with Crippen molar-refractivity contribution in [3.8, 4) is 11.5 Å². The molecule has 0 N–H and O–H groups in total. The van der Waals surface area contributed by atoms with Crippen molar-refractivity contribution in [3.05, 3.63) is 16.6 Å². The standard InChI is InChI=1S/C12H16BrNO5S/c1-17-10-7-9(13)12(8-11(10)18-2)20(15,16)14-3-5-19-6-4-14/h7-8H,3-6H2,1-2H3. The van der Waals surface area contributed by atoms with Crippen LogP contribution in [0.2, 0.25) is 0 Å². The summed E-state index contributed by atoms with van der Waals surface area (Å²) in [5.41, 5.74) is 0. The Morgan fingerprint density at radius 3 is 2.25 bits per heavy atom. The molecule has 0 spiro atoms. The molecule has 0 aromatic heterocycles. The summed E-state index contributed by atoms with van der Waals surface area (Å²) in [4.78, 5) is 0.164. The third kappa shape index (κ3) is 2.93. The SMILES string of the molecule is COc1cc(Br)c(S(=O)(=O)N2CCOCC2)cc1OC. The van der Waals surface area contributed by atoms with E-state index in [1.807, 2.05) is 0 Å². The molecule has 0 aliphatic carbocycles. The van der Waals surface area contributed by atoms with Crippen molar-refractivity contribution in [2.24, 2.45) is 0 Å². The zero-order valence-corrected chi connectivity index (χ0v) is 13.7. The van der Waals surface area contributed by atoms with Crippen molar-refractivity contribution in [1.29, 1.82) is 0 Å². The van der Waals surface area contributed by atoms with Gasteiger partial charge in [0.25, 0.3) is 0 Å². The number of benzene rings is 1. The quantitative estimate of drug-likeness (QED) is 0.808. The molecule has 0 atom stereocenters. The van der Waals surface area contributed by atoms with E-state index in [4.69, 9.17) is 14.2 Å². The fourth-order valence-electron chi connectivity index (χ4n) is 1.96. The summed E-state index contributed by atoms with van der Waals surface area (Å²) in [6.45, 7) is 1.51. The van der Waals surface area contributed by atoms with E-state index in [1.165, 1.54) is 24.6 Å². The monoisotopic (exact) mass is 365 g/mol. The minimum atomic E-state index is -3.58. The number of halogens is 1. The molecule has 0 unspecified atom stereocenters. The van der Waals surface area contributed by atoms with Crippen LogP contribution < -0.4 is 9.47 Å². The first kappa shape index (κ1) is 15.6. The molecule has 0 bridgehead atoms. The van der Waals surface area contributed by atoms with E-state index in [1.54, 1.807) is 6.07 Å². The van der Waals surface area contributed by atoms with E-state index < -0.39 is 10.0 Å². The molecule has 0 radical (unpaired) electrons. The van der Waals surface area contributed by atoms with Crippen molar-refractivity contribution < 1.29 is 22.6 Å². The molecule has 112 valence electrons. The number of sulfonamides is 1. The Bertz CT molecular complexity index is 584. The number of nitrogens with zero attached hydrogens (tertiary/aromatic N) is 1. The van der Waals surface area contributed by atoms with Gasteiger partial charge in [0.1, 0.15) is 4.90 Å². The third-order valence-electron chi connectivity index (χ3n) is 3.03. The van der Waals surface area contributed by atoms with Gasteiger partial charge in [-0.3, -0.25) is 0 Å². The van der Waals surface area contributed by atoms with Crippen LogP contribution in [0, 0.1) is 0 Å². The lowest BCUT2D eigenvalue weighted by Gasteiger charge is -2.26. The Balaban J connectivity index is 2.45. The maximum Gasteiger partial charge on any atom is 0.244 e. The molecule has 0 saturated carbocycles. The Morgan fingerprint density at radius 1 is 1.15 bits per heavy atom. The maximum absolute atomic E-state index is 12.6. The van der Waals surface area contributed by atoms with E-state index in [2.05, 4.69) is 15.9 Å². The molecule has 0 amide bonds. The number of hydrogen-bond donors (Lipinski definition) is 0. The highest BCUT2D eigenvalue weighted by Crippen LogP contribution is 2.36. The van der Waals surface area contributed by atoms with Crippen LogP contribution in [-0.4, -0.2) is 53.2 Å². The summed E-state index contributed by atoms with van der Waals surface area (Å²) >= 11 is 3.28. The lowest BCUT2D eigenvalue weighted by Crippen LogP contribution is -2.40. The Morgan fingerprint density at radius 2 is 1.70 bits per heavy atom. The van der Waals surface area contributed by atoms with Gasteiger partial charge in [-0.25, -0.2) is 8.42 Å². The second-order valence-corrected chi connectivity index (χ2v) is 6.91. The summed E-state index contributed by atoms with van der Waals surface area (Å²) in [7, 11) is -0.610. The highest BCUT2D eigenvalue weighted by molar-refractivity contribution is 9.10. The average Bonchev–Trinajstić information content (AvgIpc) is 2.47. The van der Waals surface area contributed by atoms with Gasteiger partial charge in [-0.1, -0.05) is 0 Å². The molecule has 1 aliphatic heterocycles. The molecule has 1 aromatic carbocycles. The lowest BCUT2D eigenvalue weighted by atomic mass is 10.3. The predicted octanol–water partition coefficient (Wildman–Crippen LogP) is 1.49. The van der Waals surface area contributed by atoms with Gasteiger partial charge in [0.15, 0.2) is 11.5 Å². The van der Waals surface area contributed by atoms with Crippen molar-refractivity contribution in [3.63, 3.8) is 0 Å². The van der Waals surface area contributed by atoms with E-state index in [0.29, 0.717) is 42.3 Å². The molecule has 2 rings (SSSR count). The normalized spacial score (nSPS) is 16.9. The lowest BCUT2D eigenvalue weighted by molar-refractivity contribution is 0.0730. The van der Waals surface area contributed by atoms with Crippen molar-refractivity contribution in [1.82, 2.24) is 4.31 Å². The van der Waals surface area contributed by atoms with Gasteiger partial charge in [-0.05, 0) is 22.0 Å². The summed E-state index contributed by atoms with van der Waals surface area (Å²) in [5.74, 6) is 0.850. The fraction of sp³-hybridized carbons (Fsp3) is 0.500. The Hall–Kier alpha value is -0.830. The van der Waals surface area contributed by atoms with Gasteiger partial charge >= 0.3 is 0 Å². The molecule has 1 aliphatic rings. The summed E-state index contributed by atoms with van der Waals surface area (Å²) < 4.78 is 42.6. The molecule has 8 heteroatoms. The Kier molecular flexibility index (Phi) is 4.90. The smallest absolute Gasteiger partial charge is 0.244 e. The molecule has 20 heavy (non-hydrogen) atoms. The number of rotatable bonds is 4. The van der Waals surface area contributed by atoms with Crippen LogP contribution in [0.4, 0.5) is 0 Å². The first-order valence-electron chi connectivity index (χ1n) is 6.00. The zero-order chi connectivity index (χ0) is 14.8. The van der Waals surface area contributed by atoms with E-state index in [-0.39, 0.29) is 4.90 Å². The summed E-state index contributed by atoms with van der Waals surface area (Å²) in [5, 5.41) is 0. The minimum absolute atomic E-state index is 0.164. The van der Waals surface area contributed by atoms with Crippen LogP contribution in [0.25, 0.3) is 0 Å². The molecule has 6 nitrogen and oxygen atoms in total. The number of ether oxygens (including phenoxy) is 3. The summed E-state index contributed by atoms with van der Waals surface area (Å²) in [6.07, 6.45) is 0. The van der Waals surface area contributed by atoms with Crippen molar-refractivity contribution in [2.75, 3.05) is 40.5 Å². The predicted molar refractivity (Wildman–Crippen MR) is 76.8 cm³/mol. The van der Waals surface area contributed by atoms with Crippen LogP contribution >= 0.6 is 15.9 Å². The fourth-order valence-corrected chi connectivity index (χ4v) is 4.36. The van der Waals surface area contributed by atoms with Crippen molar-refractivity contribution >= 4 is 26.0 Å². The zero-order valence-electron chi connectivity index (χ0n) is 11.3. The van der Waals surface area contributed by atoms with E-state index >= 15 is 0 Å². The van der Waals surface area contributed by atoms with Gasteiger partial charge in [0.05, 0.1) is 27.4 Å². The molecule has 1 aromatic rings. The average molecular weight is 366 g/mol. The largest absolute Gasteiger partial charge is 0.493 e. The van der Waals surface area contributed by atoms with Crippen LogP contribution in [-0.2, 0) is 14.8 Å². The second kappa shape index (κ2) is 6.30. The van der Waals surface area contributed by atoms with Crippen LogP contribution in [0.5, 0.6) is 11.5 Å². The maximum atomic E-state index is 12.6. The first-order chi connectivity index (χ1) is 9.50. The van der Waals surface area contributed by atoms with Crippen molar-refractivity contribution in [2.45, 2.75) is 4.90 Å². The van der Waals surface area contributed by atoms with Gasteiger partial charge in [-0.2, -0.15) is 4.31 Å². The minimum Gasteiger partial charge on any atom is -0.493 e. The van der Waals surface area contributed by atoms with E-state index in [9.17, 15) is 8.42 Å². The summed E-state index contributed by atoms with van der Waals surface area (Å²) in [6, 6.07) is 3.06. The number of morpholine rings is 1. The van der Waals surface area contributed by atoms with Gasteiger partial charge in [-0.15, -0.1) is 0 Å². The third-order valence-corrected chi connectivity index (χ3v) is 5.88. The first-order valence-corrected chi connectivity index (χ1v) is 8.23. The van der Waals surface area contributed by atoms with Crippen LogP contribution in [0.3, 0.4) is 0 Å². The molecular weight excluding hydrogens is 350 g/mol. The van der Waals surface area contributed by atoms with Gasteiger partial charge in [0.2, 0.25) is 10.0 Å².